The van der Waals surface area contributed by atoms with Gasteiger partial charge in [-0.3, -0.25) is 9.48 Å². The van der Waals surface area contributed by atoms with Crippen LogP contribution in [0.2, 0.25) is 0 Å². The average molecular weight is 349 g/mol. The second kappa shape index (κ2) is 6.78. The maximum Gasteiger partial charge on any atom is 0.253 e. The second-order valence-corrected chi connectivity index (χ2v) is 6.92. The van der Waals surface area contributed by atoms with E-state index in [2.05, 4.69) is 10.2 Å². The zero-order chi connectivity index (χ0) is 18.1. The Morgan fingerprint density at radius 1 is 1.19 bits per heavy atom. The normalized spacial score (nSPS) is 17.5. The van der Waals surface area contributed by atoms with Crippen molar-refractivity contribution in [1.82, 2.24) is 24.5 Å². The van der Waals surface area contributed by atoms with Crippen LogP contribution in [0.25, 0.3) is 5.69 Å². The number of carbonyl (C=O) groups excluding carboxylic acids is 1. The van der Waals surface area contributed by atoms with Gasteiger partial charge in [-0.2, -0.15) is 10.2 Å². The number of benzene rings is 1. The monoisotopic (exact) mass is 349 g/mol. The summed E-state index contributed by atoms with van der Waals surface area (Å²) in [6.07, 6.45) is 5.82. The summed E-state index contributed by atoms with van der Waals surface area (Å²) in [7, 11) is 0. The fourth-order valence-corrected chi connectivity index (χ4v) is 3.67. The summed E-state index contributed by atoms with van der Waals surface area (Å²) in [5, 5.41) is 8.83. The Morgan fingerprint density at radius 2 is 2.00 bits per heavy atom. The van der Waals surface area contributed by atoms with Gasteiger partial charge in [0.2, 0.25) is 0 Å². The molecule has 0 saturated carbocycles. The molecule has 6 heteroatoms. The molecule has 1 amide bonds. The summed E-state index contributed by atoms with van der Waals surface area (Å²) in [5.41, 5.74) is 3.76. The molecular formula is C20H23N5O. The molecule has 134 valence electrons. The average Bonchev–Trinajstić information content (AvgIpc) is 3.31. The number of aryl methyl sites for hydroxylation is 2. The first-order chi connectivity index (χ1) is 12.6. The predicted molar refractivity (Wildman–Crippen MR) is 99.4 cm³/mol. The number of nitrogens with zero attached hydrogens (tertiary/aromatic N) is 5. The topological polar surface area (TPSA) is 56.0 Å². The van der Waals surface area contributed by atoms with E-state index in [-0.39, 0.29) is 11.9 Å². The molecule has 1 fully saturated rings. The molecule has 1 unspecified atom stereocenters. The first-order valence-corrected chi connectivity index (χ1v) is 9.04. The van der Waals surface area contributed by atoms with Crippen molar-refractivity contribution in [3.8, 4) is 5.69 Å². The molecule has 4 rings (SSSR count). The van der Waals surface area contributed by atoms with Crippen LogP contribution in [-0.4, -0.2) is 43.5 Å². The fourth-order valence-electron chi connectivity index (χ4n) is 3.67. The van der Waals surface area contributed by atoms with Gasteiger partial charge in [-0.05, 0) is 63.1 Å². The van der Waals surface area contributed by atoms with E-state index in [0.717, 1.165) is 42.0 Å². The molecule has 0 bridgehead atoms. The van der Waals surface area contributed by atoms with Gasteiger partial charge in [-0.1, -0.05) is 0 Å². The lowest BCUT2D eigenvalue weighted by Crippen LogP contribution is -2.40. The lowest BCUT2D eigenvalue weighted by Gasteiger charge is -2.33. The van der Waals surface area contributed by atoms with Crippen molar-refractivity contribution in [2.45, 2.75) is 32.7 Å². The van der Waals surface area contributed by atoms with Crippen LogP contribution < -0.4 is 0 Å². The van der Waals surface area contributed by atoms with Gasteiger partial charge in [0.15, 0.2) is 0 Å². The number of hydrogen-bond donors (Lipinski definition) is 0. The highest BCUT2D eigenvalue weighted by Crippen LogP contribution is 2.22. The maximum atomic E-state index is 12.9. The SMILES string of the molecule is Cc1cc(C)n(-c2ccc(C(=O)N3CCCC(n4cccn4)C3)cc2)n1. The van der Waals surface area contributed by atoms with E-state index < -0.39 is 0 Å². The number of amides is 1. The predicted octanol–water partition coefficient (Wildman–Crippen LogP) is 3.16. The molecule has 1 saturated heterocycles. The van der Waals surface area contributed by atoms with Crippen LogP contribution in [0.15, 0.2) is 48.8 Å². The molecule has 0 aliphatic carbocycles. The van der Waals surface area contributed by atoms with Crippen molar-refractivity contribution in [1.29, 1.82) is 0 Å². The van der Waals surface area contributed by atoms with Crippen molar-refractivity contribution >= 4 is 5.91 Å². The molecule has 1 aromatic carbocycles. The molecule has 1 aliphatic heterocycles. The fraction of sp³-hybridized carbons (Fsp3) is 0.350. The van der Waals surface area contributed by atoms with E-state index in [1.165, 1.54) is 0 Å². The number of piperidine rings is 1. The van der Waals surface area contributed by atoms with Gasteiger partial charge in [0.05, 0.1) is 17.4 Å². The van der Waals surface area contributed by atoms with Crippen molar-refractivity contribution < 1.29 is 4.79 Å². The Labute approximate surface area is 153 Å². The molecule has 0 radical (unpaired) electrons. The number of likely N-dealkylation sites (tertiary alicyclic amines) is 1. The second-order valence-electron chi connectivity index (χ2n) is 6.92. The van der Waals surface area contributed by atoms with Gasteiger partial charge in [-0.25, -0.2) is 4.68 Å². The first-order valence-electron chi connectivity index (χ1n) is 9.04. The lowest BCUT2D eigenvalue weighted by atomic mass is 10.0. The summed E-state index contributed by atoms with van der Waals surface area (Å²) in [6.45, 7) is 5.52. The van der Waals surface area contributed by atoms with Crippen LogP contribution >= 0.6 is 0 Å². The van der Waals surface area contributed by atoms with Crippen LogP contribution in [0.1, 0.15) is 40.6 Å². The molecule has 1 atom stereocenters. The van der Waals surface area contributed by atoms with E-state index in [4.69, 9.17) is 0 Å². The van der Waals surface area contributed by atoms with Crippen molar-refractivity contribution in [3.05, 3.63) is 65.7 Å². The van der Waals surface area contributed by atoms with Crippen molar-refractivity contribution in [2.24, 2.45) is 0 Å². The standard InChI is InChI=1S/C20H23N5O/c1-15-13-16(2)25(22-15)18-8-6-17(7-9-18)20(26)23-11-3-5-19(14-23)24-12-4-10-21-24/h4,6-10,12-13,19H,3,5,11,14H2,1-2H3. The van der Waals surface area contributed by atoms with E-state index in [9.17, 15) is 4.79 Å². The molecule has 3 heterocycles. The molecule has 0 N–H and O–H groups in total. The highest BCUT2D eigenvalue weighted by atomic mass is 16.2. The van der Waals surface area contributed by atoms with Crippen LogP contribution in [0.3, 0.4) is 0 Å². The van der Waals surface area contributed by atoms with Crippen LogP contribution in [0, 0.1) is 13.8 Å². The first kappa shape index (κ1) is 16.6. The number of aromatic nitrogens is 4. The zero-order valence-corrected chi connectivity index (χ0v) is 15.2. The minimum Gasteiger partial charge on any atom is -0.337 e. The minimum absolute atomic E-state index is 0.0850. The quantitative estimate of drug-likeness (QED) is 0.730. The highest BCUT2D eigenvalue weighted by Gasteiger charge is 2.25. The lowest BCUT2D eigenvalue weighted by molar-refractivity contribution is 0.0673. The van der Waals surface area contributed by atoms with Crippen LogP contribution in [0.5, 0.6) is 0 Å². The van der Waals surface area contributed by atoms with Crippen LogP contribution in [-0.2, 0) is 0 Å². The van der Waals surface area contributed by atoms with E-state index in [0.29, 0.717) is 6.54 Å². The Kier molecular flexibility index (Phi) is 4.32. The van der Waals surface area contributed by atoms with Gasteiger partial charge in [0.1, 0.15) is 0 Å². The maximum absolute atomic E-state index is 12.9. The summed E-state index contributed by atoms with van der Waals surface area (Å²) in [6, 6.07) is 11.9. The summed E-state index contributed by atoms with van der Waals surface area (Å²) < 4.78 is 3.86. The molecule has 0 spiro atoms. The molecular weight excluding hydrogens is 326 g/mol. The number of rotatable bonds is 3. The molecule has 6 nitrogen and oxygen atoms in total. The Balaban J connectivity index is 1.50. The third-order valence-electron chi connectivity index (χ3n) is 4.95. The highest BCUT2D eigenvalue weighted by molar-refractivity contribution is 5.94. The van der Waals surface area contributed by atoms with Crippen molar-refractivity contribution in [2.75, 3.05) is 13.1 Å². The third-order valence-corrected chi connectivity index (χ3v) is 4.95. The smallest absolute Gasteiger partial charge is 0.253 e. The summed E-state index contributed by atoms with van der Waals surface area (Å²) in [4.78, 5) is 14.8. The number of hydrogen-bond acceptors (Lipinski definition) is 3. The molecule has 1 aliphatic rings. The summed E-state index contributed by atoms with van der Waals surface area (Å²) in [5.74, 6) is 0.0850. The van der Waals surface area contributed by atoms with Gasteiger partial charge in [0, 0.05) is 36.7 Å². The van der Waals surface area contributed by atoms with Crippen molar-refractivity contribution in [3.63, 3.8) is 0 Å². The Bertz CT molecular complexity index is 895. The largest absolute Gasteiger partial charge is 0.337 e. The Morgan fingerprint density at radius 3 is 2.65 bits per heavy atom. The van der Waals surface area contributed by atoms with Gasteiger partial charge >= 0.3 is 0 Å². The van der Waals surface area contributed by atoms with Gasteiger partial charge in [0.25, 0.3) is 5.91 Å². The number of carbonyl (C=O) groups is 1. The third kappa shape index (κ3) is 3.14. The minimum atomic E-state index is 0.0850. The Hall–Kier alpha value is -2.89. The molecule has 2 aromatic heterocycles. The van der Waals surface area contributed by atoms with E-state index >= 15 is 0 Å². The zero-order valence-electron chi connectivity index (χ0n) is 15.2. The van der Waals surface area contributed by atoms with E-state index in [1.54, 1.807) is 6.20 Å². The molecule has 3 aromatic rings. The summed E-state index contributed by atoms with van der Waals surface area (Å²) >= 11 is 0. The van der Waals surface area contributed by atoms with Gasteiger partial charge in [-0.15, -0.1) is 0 Å². The van der Waals surface area contributed by atoms with Gasteiger partial charge < -0.3 is 4.90 Å². The van der Waals surface area contributed by atoms with Crippen LogP contribution in [0.4, 0.5) is 0 Å². The van der Waals surface area contributed by atoms with E-state index in [1.807, 2.05) is 70.7 Å². The molecule has 26 heavy (non-hydrogen) atoms.